The number of hydrogen-bond acceptors (Lipinski definition) is 8. The van der Waals surface area contributed by atoms with Crippen LogP contribution >= 0.6 is 11.8 Å². The van der Waals surface area contributed by atoms with Crippen molar-refractivity contribution in [2.24, 2.45) is 5.73 Å². The number of phenols is 1. The minimum absolute atomic E-state index is 0.00803. The Balaban J connectivity index is 1.64. The van der Waals surface area contributed by atoms with Gasteiger partial charge in [0.05, 0.1) is 12.4 Å². The highest BCUT2D eigenvalue weighted by atomic mass is 32.2. The standard InChI is InChI=1S/C25H34N6O6S/c1-38-10-8-19(22(33)30-20(25(36)37)12-16-13-27-14-28-16)29-23(34)21-3-2-9-31(21)24(35)18(26)11-15-4-6-17(32)7-5-15/h4-7,13-14,18-21,32H,2-3,8-12,26H2,1H3,(H,27,28)(H,29,34)(H,30,33)(H,36,37). The van der Waals surface area contributed by atoms with Gasteiger partial charge < -0.3 is 36.5 Å². The molecule has 0 spiro atoms. The summed E-state index contributed by atoms with van der Waals surface area (Å²) >= 11 is 1.49. The van der Waals surface area contributed by atoms with Gasteiger partial charge in [-0.2, -0.15) is 11.8 Å². The fraction of sp³-hybridized carbons (Fsp3) is 0.480. The first-order valence-corrected chi connectivity index (χ1v) is 13.7. The van der Waals surface area contributed by atoms with Crippen LogP contribution in [-0.4, -0.2) is 91.5 Å². The number of aromatic hydroxyl groups is 1. The molecule has 0 saturated carbocycles. The number of aromatic nitrogens is 2. The van der Waals surface area contributed by atoms with Crippen molar-refractivity contribution in [3.63, 3.8) is 0 Å². The number of nitrogens with zero attached hydrogens (tertiary/aromatic N) is 2. The second-order valence-corrected chi connectivity index (χ2v) is 10.2. The third-order valence-corrected chi connectivity index (χ3v) is 7.03. The van der Waals surface area contributed by atoms with Gasteiger partial charge in [0, 0.05) is 24.9 Å². The van der Waals surface area contributed by atoms with Crippen LogP contribution in [0.4, 0.5) is 0 Å². The van der Waals surface area contributed by atoms with E-state index in [-0.39, 0.29) is 30.9 Å². The second kappa shape index (κ2) is 13.8. The molecule has 1 aromatic heterocycles. The Bertz CT molecular complexity index is 1100. The van der Waals surface area contributed by atoms with Gasteiger partial charge in [0.2, 0.25) is 17.7 Å². The molecule has 7 N–H and O–H groups in total. The summed E-state index contributed by atoms with van der Waals surface area (Å²) in [6, 6.07) is 2.57. The molecule has 2 heterocycles. The number of carboxylic acids is 1. The van der Waals surface area contributed by atoms with Crippen LogP contribution in [0.1, 0.15) is 30.5 Å². The Labute approximate surface area is 224 Å². The zero-order valence-corrected chi connectivity index (χ0v) is 21.9. The van der Waals surface area contributed by atoms with E-state index < -0.39 is 42.0 Å². The SMILES string of the molecule is CSCCC(NC(=O)C1CCCN1C(=O)C(N)Cc1ccc(O)cc1)C(=O)NC(Cc1cnc[nH]1)C(=O)O. The van der Waals surface area contributed by atoms with Crippen molar-refractivity contribution >= 4 is 35.5 Å². The van der Waals surface area contributed by atoms with E-state index in [1.54, 1.807) is 12.1 Å². The number of amides is 3. The number of carboxylic acid groups (broad SMARTS) is 1. The number of hydrogen-bond donors (Lipinski definition) is 6. The van der Waals surface area contributed by atoms with E-state index in [2.05, 4.69) is 20.6 Å². The molecular weight excluding hydrogens is 512 g/mol. The summed E-state index contributed by atoms with van der Waals surface area (Å²) in [7, 11) is 0. The maximum absolute atomic E-state index is 13.2. The number of benzene rings is 1. The van der Waals surface area contributed by atoms with Gasteiger partial charge in [-0.3, -0.25) is 14.4 Å². The van der Waals surface area contributed by atoms with Gasteiger partial charge in [-0.05, 0) is 55.4 Å². The van der Waals surface area contributed by atoms with Gasteiger partial charge >= 0.3 is 5.97 Å². The summed E-state index contributed by atoms with van der Waals surface area (Å²) < 4.78 is 0. The average molecular weight is 547 g/mol. The highest BCUT2D eigenvalue weighted by Crippen LogP contribution is 2.20. The highest BCUT2D eigenvalue weighted by molar-refractivity contribution is 7.98. The monoisotopic (exact) mass is 546 g/mol. The second-order valence-electron chi connectivity index (χ2n) is 9.19. The summed E-state index contributed by atoms with van der Waals surface area (Å²) in [5, 5.41) is 24.3. The van der Waals surface area contributed by atoms with Crippen LogP contribution in [0.2, 0.25) is 0 Å². The topological polar surface area (TPSA) is 191 Å². The number of nitrogens with two attached hydrogens (primary N) is 1. The summed E-state index contributed by atoms with van der Waals surface area (Å²) in [4.78, 5) is 59.3. The van der Waals surface area contributed by atoms with Gasteiger partial charge in [-0.25, -0.2) is 9.78 Å². The third-order valence-electron chi connectivity index (χ3n) is 6.38. The Morgan fingerprint density at radius 2 is 1.92 bits per heavy atom. The van der Waals surface area contributed by atoms with Gasteiger partial charge in [0.1, 0.15) is 23.9 Å². The highest BCUT2D eigenvalue weighted by Gasteiger charge is 2.38. The Morgan fingerprint density at radius 3 is 2.55 bits per heavy atom. The van der Waals surface area contributed by atoms with E-state index in [0.717, 1.165) is 5.56 Å². The number of H-pyrrole nitrogens is 1. The molecule has 0 aliphatic carbocycles. The normalized spacial score (nSPS) is 17.4. The van der Waals surface area contributed by atoms with Crippen LogP contribution < -0.4 is 16.4 Å². The fourth-order valence-electron chi connectivity index (χ4n) is 4.35. The quantitative estimate of drug-likeness (QED) is 0.201. The van der Waals surface area contributed by atoms with Crippen molar-refractivity contribution in [2.45, 2.75) is 56.3 Å². The van der Waals surface area contributed by atoms with E-state index >= 15 is 0 Å². The first-order chi connectivity index (χ1) is 18.2. The fourth-order valence-corrected chi connectivity index (χ4v) is 4.82. The van der Waals surface area contributed by atoms with Gasteiger partial charge in [0.25, 0.3) is 0 Å². The Hall–Kier alpha value is -3.58. The maximum atomic E-state index is 13.2. The van der Waals surface area contributed by atoms with Crippen LogP contribution in [0.15, 0.2) is 36.8 Å². The molecular formula is C25H34N6O6S. The number of phenolic OH excluding ortho intramolecular Hbond substituents is 1. The lowest BCUT2D eigenvalue weighted by atomic mass is 10.0. The maximum Gasteiger partial charge on any atom is 0.326 e. The minimum Gasteiger partial charge on any atom is -0.508 e. The molecule has 1 aliphatic heterocycles. The molecule has 0 bridgehead atoms. The van der Waals surface area contributed by atoms with Crippen molar-refractivity contribution in [3.05, 3.63) is 48.0 Å². The van der Waals surface area contributed by atoms with E-state index in [4.69, 9.17) is 5.73 Å². The molecule has 12 nitrogen and oxygen atoms in total. The number of aliphatic carboxylic acids is 1. The molecule has 13 heteroatoms. The molecule has 3 rings (SSSR count). The van der Waals surface area contributed by atoms with E-state index in [1.807, 2.05) is 6.26 Å². The summed E-state index contributed by atoms with van der Waals surface area (Å²) in [6.45, 7) is 0.368. The van der Waals surface area contributed by atoms with Crippen molar-refractivity contribution in [1.29, 1.82) is 0 Å². The van der Waals surface area contributed by atoms with Crippen LogP contribution in [-0.2, 0) is 32.0 Å². The lowest BCUT2D eigenvalue weighted by Gasteiger charge is -2.28. The van der Waals surface area contributed by atoms with Crippen molar-refractivity contribution < 1.29 is 29.4 Å². The average Bonchev–Trinajstić information content (AvgIpc) is 3.59. The minimum atomic E-state index is -1.21. The van der Waals surface area contributed by atoms with Gasteiger partial charge in [-0.1, -0.05) is 12.1 Å². The summed E-state index contributed by atoms with van der Waals surface area (Å²) in [5.41, 5.74) is 7.49. The lowest BCUT2D eigenvalue weighted by molar-refractivity contribution is -0.143. The van der Waals surface area contributed by atoms with Crippen molar-refractivity contribution in [2.75, 3.05) is 18.6 Å². The molecule has 1 saturated heterocycles. The Kier molecular flexibility index (Phi) is 10.5. The number of imidazole rings is 1. The summed E-state index contributed by atoms with van der Waals surface area (Å²) in [6.07, 6.45) is 6.35. The van der Waals surface area contributed by atoms with E-state index in [9.17, 15) is 29.4 Å². The lowest BCUT2D eigenvalue weighted by Crippen LogP contribution is -2.57. The predicted octanol–water partition coefficient (Wildman–Crippen LogP) is 0.0261. The van der Waals surface area contributed by atoms with Crippen LogP contribution in [0, 0.1) is 0 Å². The number of aromatic amines is 1. The summed E-state index contributed by atoms with van der Waals surface area (Å²) in [5.74, 6) is -2.00. The molecule has 4 atom stereocenters. The molecule has 2 aromatic rings. The first-order valence-electron chi connectivity index (χ1n) is 12.3. The van der Waals surface area contributed by atoms with E-state index in [1.165, 1.54) is 41.3 Å². The number of rotatable bonds is 13. The largest absolute Gasteiger partial charge is 0.508 e. The number of likely N-dealkylation sites (tertiary alicyclic amines) is 1. The molecule has 1 aromatic carbocycles. The zero-order chi connectivity index (χ0) is 27.7. The number of nitrogens with one attached hydrogen (secondary N) is 3. The van der Waals surface area contributed by atoms with Crippen LogP contribution in [0.25, 0.3) is 0 Å². The predicted molar refractivity (Wildman–Crippen MR) is 141 cm³/mol. The van der Waals surface area contributed by atoms with Gasteiger partial charge in [0.15, 0.2) is 0 Å². The molecule has 206 valence electrons. The smallest absolute Gasteiger partial charge is 0.326 e. The van der Waals surface area contributed by atoms with Crippen molar-refractivity contribution in [3.8, 4) is 5.75 Å². The van der Waals surface area contributed by atoms with Crippen LogP contribution in [0.3, 0.4) is 0 Å². The molecule has 0 radical (unpaired) electrons. The number of carbonyl (C=O) groups is 4. The van der Waals surface area contributed by atoms with Crippen LogP contribution in [0.5, 0.6) is 5.75 Å². The zero-order valence-electron chi connectivity index (χ0n) is 21.1. The molecule has 38 heavy (non-hydrogen) atoms. The third kappa shape index (κ3) is 7.96. The van der Waals surface area contributed by atoms with Crippen molar-refractivity contribution in [1.82, 2.24) is 25.5 Å². The molecule has 3 amide bonds. The van der Waals surface area contributed by atoms with E-state index in [0.29, 0.717) is 30.8 Å². The first kappa shape index (κ1) is 29.0. The number of thioether (sulfide) groups is 1. The number of carbonyl (C=O) groups excluding carboxylic acids is 3. The van der Waals surface area contributed by atoms with Gasteiger partial charge in [-0.15, -0.1) is 0 Å². The molecule has 1 aliphatic rings. The molecule has 4 unspecified atom stereocenters. The molecule has 1 fully saturated rings. The Morgan fingerprint density at radius 1 is 1.18 bits per heavy atom.